The lowest BCUT2D eigenvalue weighted by Crippen LogP contribution is -2.37. The first-order valence-corrected chi connectivity index (χ1v) is 6.35. The van der Waals surface area contributed by atoms with Crippen LogP contribution in [0.4, 0.5) is 0 Å². The summed E-state index contributed by atoms with van der Waals surface area (Å²) in [4.78, 5) is 10.7. The number of benzene rings is 2. The molecule has 5 heteroatoms. The standard InChI is InChI=1S/C15H18N2O3/c1-20-13-5-4-11-6-10(2-3-12(11)7-13)8-17-9-14(18)15(16)19/h2-7,14,17-18H,8-9H2,1H3,(H2,16,19). The van der Waals surface area contributed by atoms with E-state index in [2.05, 4.69) is 11.4 Å². The number of carbonyl (C=O) groups excluding carboxylic acids is 1. The number of aliphatic hydroxyl groups is 1. The van der Waals surface area contributed by atoms with Gasteiger partial charge in [0, 0.05) is 13.1 Å². The first-order chi connectivity index (χ1) is 9.60. The molecule has 5 nitrogen and oxygen atoms in total. The zero-order chi connectivity index (χ0) is 14.5. The second-order valence-corrected chi connectivity index (χ2v) is 4.60. The minimum absolute atomic E-state index is 0.149. The predicted octanol–water partition coefficient (Wildman–Crippen LogP) is 0.784. The lowest BCUT2D eigenvalue weighted by atomic mass is 10.1. The fourth-order valence-electron chi connectivity index (χ4n) is 1.96. The quantitative estimate of drug-likeness (QED) is 0.727. The number of primary amides is 1. The summed E-state index contributed by atoms with van der Waals surface area (Å²) in [6.45, 7) is 0.711. The molecule has 0 aromatic heterocycles. The van der Waals surface area contributed by atoms with Gasteiger partial charge >= 0.3 is 0 Å². The number of nitrogens with one attached hydrogen (secondary N) is 1. The Morgan fingerprint density at radius 1 is 1.30 bits per heavy atom. The molecule has 0 aliphatic rings. The number of carbonyl (C=O) groups is 1. The van der Waals surface area contributed by atoms with E-state index in [1.54, 1.807) is 7.11 Å². The summed E-state index contributed by atoms with van der Waals surface area (Å²) < 4.78 is 5.18. The van der Waals surface area contributed by atoms with Crippen molar-refractivity contribution >= 4 is 16.7 Å². The van der Waals surface area contributed by atoms with Crippen molar-refractivity contribution < 1.29 is 14.6 Å². The Balaban J connectivity index is 2.03. The third-order valence-electron chi connectivity index (χ3n) is 3.11. The third kappa shape index (κ3) is 3.46. The summed E-state index contributed by atoms with van der Waals surface area (Å²) >= 11 is 0. The first kappa shape index (κ1) is 14.3. The van der Waals surface area contributed by atoms with Gasteiger partial charge in [-0.25, -0.2) is 0 Å². The van der Waals surface area contributed by atoms with Crippen molar-refractivity contribution in [2.45, 2.75) is 12.6 Å². The van der Waals surface area contributed by atoms with Crippen LogP contribution in [0.5, 0.6) is 5.75 Å². The van der Waals surface area contributed by atoms with Crippen LogP contribution < -0.4 is 15.8 Å². The number of nitrogens with two attached hydrogens (primary N) is 1. The molecule has 0 aliphatic carbocycles. The molecule has 0 fully saturated rings. The summed E-state index contributed by atoms with van der Waals surface area (Å²) in [5.74, 6) is 0.107. The van der Waals surface area contributed by atoms with Crippen molar-refractivity contribution in [3.63, 3.8) is 0 Å². The molecule has 0 spiro atoms. The fourth-order valence-corrected chi connectivity index (χ4v) is 1.96. The van der Waals surface area contributed by atoms with E-state index in [1.165, 1.54) is 0 Å². The largest absolute Gasteiger partial charge is 0.497 e. The molecule has 0 aliphatic heterocycles. The van der Waals surface area contributed by atoms with Crippen molar-refractivity contribution in [2.24, 2.45) is 5.73 Å². The normalized spacial score (nSPS) is 12.3. The number of hydrogen-bond donors (Lipinski definition) is 3. The van der Waals surface area contributed by atoms with Gasteiger partial charge in [-0.05, 0) is 34.5 Å². The number of hydrogen-bond acceptors (Lipinski definition) is 4. The fraction of sp³-hybridized carbons (Fsp3) is 0.267. The molecule has 2 aromatic carbocycles. The molecular formula is C15H18N2O3. The van der Waals surface area contributed by atoms with E-state index >= 15 is 0 Å². The molecule has 1 atom stereocenters. The van der Waals surface area contributed by atoms with Gasteiger partial charge < -0.3 is 20.9 Å². The Morgan fingerprint density at radius 3 is 2.70 bits per heavy atom. The SMILES string of the molecule is COc1ccc2cc(CNCC(O)C(N)=O)ccc2c1. The summed E-state index contributed by atoms with van der Waals surface area (Å²) in [6, 6.07) is 11.9. The maximum Gasteiger partial charge on any atom is 0.247 e. The lowest BCUT2D eigenvalue weighted by molar-refractivity contribution is -0.125. The van der Waals surface area contributed by atoms with Gasteiger partial charge in [0.15, 0.2) is 0 Å². The van der Waals surface area contributed by atoms with Crippen molar-refractivity contribution in [3.05, 3.63) is 42.0 Å². The van der Waals surface area contributed by atoms with E-state index in [1.807, 2.05) is 30.3 Å². The summed E-state index contributed by atoms with van der Waals surface area (Å²) in [6.07, 6.45) is -1.15. The highest BCUT2D eigenvalue weighted by atomic mass is 16.5. The number of amides is 1. The maximum atomic E-state index is 10.7. The lowest BCUT2D eigenvalue weighted by Gasteiger charge is -2.09. The average Bonchev–Trinajstić information content (AvgIpc) is 2.46. The van der Waals surface area contributed by atoms with Crippen LogP contribution in [-0.2, 0) is 11.3 Å². The van der Waals surface area contributed by atoms with Gasteiger partial charge in [0.2, 0.25) is 5.91 Å². The van der Waals surface area contributed by atoms with Crippen LogP contribution in [0.15, 0.2) is 36.4 Å². The van der Waals surface area contributed by atoms with E-state index in [0.717, 1.165) is 22.1 Å². The van der Waals surface area contributed by atoms with Gasteiger partial charge in [-0.2, -0.15) is 0 Å². The summed E-state index contributed by atoms with van der Waals surface area (Å²) in [5, 5.41) is 14.5. The number of fused-ring (bicyclic) bond motifs is 1. The number of ether oxygens (including phenoxy) is 1. The van der Waals surface area contributed by atoms with Crippen LogP contribution in [-0.4, -0.2) is 30.8 Å². The van der Waals surface area contributed by atoms with Crippen molar-refractivity contribution in [1.29, 1.82) is 0 Å². The Labute approximate surface area is 117 Å². The molecule has 0 saturated carbocycles. The third-order valence-corrected chi connectivity index (χ3v) is 3.11. The molecule has 0 saturated heterocycles. The number of aliphatic hydroxyl groups excluding tert-OH is 1. The van der Waals surface area contributed by atoms with Gasteiger partial charge in [-0.15, -0.1) is 0 Å². The Kier molecular flexibility index (Phi) is 4.55. The molecule has 2 rings (SSSR count). The molecule has 20 heavy (non-hydrogen) atoms. The van der Waals surface area contributed by atoms with E-state index in [0.29, 0.717) is 6.54 Å². The molecular weight excluding hydrogens is 256 g/mol. The molecule has 1 unspecified atom stereocenters. The summed E-state index contributed by atoms with van der Waals surface area (Å²) in [5.41, 5.74) is 6.05. The van der Waals surface area contributed by atoms with E-state index in [9.17, 15) is 9.90 Å². The highest BCUT2D eigenvalue weighted by Crippen LogP contribution is 2.21. The second kappa shape index (κ2) is 6.36. The van der Waals surface area contributed by atoms with Crippen LogP contribution in [0.1, 0.15) is 5.56 Å². The van der Waals surface area contributed by atoms with Crippen molar-refractivity contribution in [2.75, 3.05) is 13.7 Å². The van der Waals surface area contributed by atoms with Gasteiger partial charge in [0.05, 0.1) is 7.11 Å². The molecule has 0 heterocycles. The minimum atomic E-state index is -1.15. The Hall–Kier alpha value is -2.11. The zero-order valence-electron chi connectivity index (χ0n) is 11.3. The van der Waals surface area contributed by atoms with Crippen LogP contribution in [0.25, 0.3) is 10.8 Å². The van der Waals surface area contributed by atoms with Crippen molar-refractivity contribution in [1.82, 2.24) is 5.32 Å². The second-order valence-electron chi connectivity index (χ2n) is 4.60. The maximum absolute atomic E-state index is 10.7. The minimum Gasteiger partial charge on any atom is -0.497 e. The van der Waals surface area contributed by atoms with Gasteiger partial charge in [0.25, 0.3) is 0 Å². The molecule has 4 N–H and O–H groups in total. The van der Waals surface area contributed by atoms with Gasteiger partial charge in [-0.1, -0.05) is 18.2 Å². The van der Waals surface area contributed by atoms with Crippen molar-refractivity contribution in [3.8, 4) is 5.75 Å². The molecule has 0 radical (unpaired) electrons. The van der Waals surface area contributed by atoms with Crippen LogP contribution >= 0.6 is 0 Å². The zero-order valence-corrected chi connectivity index (χ0v) is 11.3. The highest BCUT2D eigenvalue weighted by Gasteiger charge is 2.09. The van der Waals surface area contributed by atoms with Gasteiger partial charge in [-0.3, -0.25) is 4.79 Å². The molecule has 2 aromatic rings. The number of methoxy groups -OCH3 is 1. The molecule has 106 valence electrons. The van der Waals surface area contributed by atoms with Crippen LogP contribution in [0, 0.1) is 0 Å². The smallest absolute Gasteiger partial charge is 0.247 e. The van der Waals surface area contributed by atoms with Crippen LogP contribution in [0.2, 0.25) is 0 Å². The Morgan fingerprint density at radius 2 is 2.00 bits per heavy atom. The van der Waals surface area contributed by atoms with Crippen LogP contribution in [0.3, 0.4) is 0 Å². The Bertz CT molecular complexity index is 613. The summed E-state index contributed by atoms with van der Waals surface area (Å²) in [7, 11) is 1.64. The number of rotatable bonds is 6. The van der Waals surface area contributed by atoms with E-state index in [4.69, 9.17) is 10.5 Å². The topological polar surface area (TPSA) is 84.6 Å². The first-order valence-electron chi connectivity index (χ1n) is 6.35. The van der Waals surface area contributed by atoms with E-state index < -0.39 is 12.0 Å². The molecule has 0 bridgehead atoms. The predicted molar refractivity (Wildman–Crippen MR) is 77.4 cm³/mol. The monoisotopic (exact) mass is 274 g/mol. The highest BCUT2D eigenvalue weighted by molar-refractivity contribution is 5.84. The van der Waals surface area contributed by atoms with Gasteiger partial charge in [0.1, 0.15) is 11.9 Å². The average molecular weight is 274 g/mol. The molecule has 1 amide bonds. The van der Waals surface area contributed by atoms with E-state index in [-0.39, 0.29) is 6.54 Å².